The fourth-order valence-electron chi connectivity index (χ4n) is 3.20. The first-order valence-corrected chi connectivity index (χ1v) is 9.69. The van der Waals surface area contributed by atoms with Gasteiger partial charge in [-0.3, -0.25) is 9.59 Å². The van der Waals surface area contributed by atoms with E-state index in [1.54, 1.807) is 0 Å². The predicted molar refractivity (Wildman–Crippen MR) is 108 cm³/mol. The molecule has 1 rings (SSSR count). The van der Waals surface area contributed by atoms with E-state index < -0.39 is 0 Å². The molecule has 0 radical (unpaired) electrons. The zero-order chi connectivity index (χ0) is 19.9. The SMILES string of the molecule is CC[C@@H](C)N(C(=O)C[NH+](C)CC(=O)Nc1c(C)cccc1C)[C@@H](C)CC. The lowest BCUT2D eigenvalue weighted by Crippen LogP contribution is -3.11. The molecule has 1 aromatic rings. The minimum absolute atomic E-state index is 0.0636. The van der Waals surface area contributed by atoms with Gasteiger partial charge in [-0.25, -0.2) is 0 Å². The van der Waals surface area contributed by atoms with Crippen LogP contribution in [0.2, 0.25) is 0 Å². The standard InChI is InChI=1S/C21H35N3O2/c1-8-17(5)24(18(6)9-2)20(26)14-23(7)13-19(25)22-21-15(3)11-10-12-16(21)4/h10-12,17-18H,8-9,13-14H2,1-7H3,(H,22,25)/p+1/t17-,18+. The molecule has 0 heterocycles. The van der Waals surface area contributed by atoms with E-state index in [1.165, 1.54) is 0 Å². The van der Waals surface area contributed by atoms with Crippen LogP contribution in [0.25, 0.3) is 0 Å². The molecule has 0 fully saturated rings. The summed E-state index contributed by atoms with van der Waals surface area (Å²) in [4.78, 5) is 28.1. The van der Waals surface area contributed by atoms with Crippen molar-refractivity contribution >= 4 is 17.5 Å². The number of nitrogens with zero attached hydrogens (tertiary/aromatic N) is 1. The molecule has 0 aliphatic carbocycles. The first-order chi connectivity index (χ1) is 12.2. The van der Waals surface area contributed by atoms with Gasteiger partial charge < -0.3 is 15.1 Å². The number of amides is 2. The number of rotatable bonds is 9. The number of aryl methyl sites for hydroxylation is 2. The van der Waals surface area contributed by atoms with Crippen molar-refractivity contribution in [3.63, 3.8) is 0 Å². The lowest BCUT2D eigenvalue weighted by Gasteiger charge is -2.34. The van der Waals surface area contributed by atoms with Gasteiger partial charge in [0.15, 0.2) is 13.1 Å². The molecule has 146 valence electrons. The number of benzene rings is 1. The molecule has 0 aliphatic heterocycles. The van der Waals surface area contributed by atoms with Crippen molar-refractivity contribution < 1.29 is 14.5 Å². The van der Waals surface area contributed by atoms with Crippen LogP contribution < -0.4 is 10.2 Å². The molecular weight excluding hydrogens is 326 g/mol. The van der Waals surface area contributed by atoms with E-state index in [1.807, 2.05) is 44.0 Å². The lowest BCUT2D eigenvalue weighted by atomic mass is 10.1. The smallest absolute Gasteiger partial charge is 0.279 e. The topological polar surface area (TPSA) is 53.9 Å². The molecule has 3 atom stereocenters. The second-order valence-corrected chi connectivity index (χ2v) is 7.44. The lowest BCUT2D eigenvalue weighted by molar-refractivity contribution is -0.862. The van der Waals surface area contributed by atoms with Gasteiger partial charge in [0.2, 0.25) is 0 Å². The van der Waals surface area contributed by atoms with Gasteiger partial charge in [-0.1, -0.05) is 32.0 Å². The van der Waals surface area contributed by atoms with Crippen molar-refractivity contribution in [2.45, 2.75) is 66.5 Å². The van der Waals surface area contributed by atoms with Crippen LogP contribution in [0, 0.1) is 13.8 Å². The van der Waals surface area contributed by atoms with E-state index in [2.05, 4.69) is 33.0 Å². The van der Waals surface area contributed by atoms with Crippen LogP contribution in [-0.2, 0) is 9.59 Å². The molecule has 5 nitrogen and oxygen atoms in total. The Morgan fingerprint density at radius 1 is 1.04 bits per heavy atom. The van der Waals surface area contributed by atoms with Gasteiger partial charge in [-0.2, -0.15) is 0 Å². The van der Waals surface area contributed by atoms with Crippen molar-refractivity contribution in [2.75, 3.05) is 25.5 Å². The average molecular weight is 363 g/mol. The van der Waals surface area contributed by atoms with Crippen molar-refractivity contribution in [3.05, 3.63) is 29.3 Å². The Morgan fingerprint density at radius 2 is 1.54 bits per heavy atom. The Bertz CT molecular complexity index is 585. The summed E-state index contributed by atoms with van der Waals surface area (Å²) in [5, 5.41) is 3.00. The highest BCUT2D eigenvalue weighted by molar-refractivity contribution is 5.93. The Hall–Kier alpha value is -1.88. The largest absolute Gasteiger partial charge is 0.332 e. The molecule has 26 heavy (non-hydrogen) atoms. The summed E-state index contributed by atoms with van der Waals surface area (Å²) in [6.07, 6.45) is 1.87. The van der Waals surface area contributed by atoms with Crippen LogP contribution in [0.15, 0.2) is 18.2 Å². The molecule has 0 saturated carbocycles. The van der Waals surface area contributed by atoms with Crippen LogP contribution >= 0.6 is 0 Å². The number of carbonyl (C=O) groups excluding carboxylic acids is 2. The number of quaternary nitrogens is 1. The number of anilines is 1. The zero-order valence-electron chi connectivity index (χ0n) is 17.5. The first kappa shape index (κ1) is 22.2. The second-order valence-electron chi connectivity index (χ2n) is 7.44. The summed E-state index contributed by atoms with van der Waals surface area (Å²) in [5.41, 5.74) is 2.97. The molecule has 0 bridgehead atoms. The Morgan fingerprint density at radius 3 is 2.00 bits per heavy atom. The van der Waals surface area contributed by atoms with Gasteiger partial charge in [0.05, 0.1) is 7.05 Å². The quantitative estimate of drug-likeness (QED) is 0.707. The Balaban J connectivity index is 2.68. The third-order valence-corrected chi connectivity index (χ3v) is 5.08. The van der Waals surface area contributed by atoms with Gasteiger partial charge in [0, 0.05) is 17.8 Å². The molecule has 5 heteroatoms. The summed E-state index contributed by atoms with van der Waals surface area (Å²) >= 11 is 0. The summed E-state index contributed by atoms with van der Waals surface area (Å²) in [5.74, 6) is 0.0532. The highest BCUT2D eigenvalue weighted by Crippen LogP contribution is 2.18. The Kier molecular flexibility index (Phi) is 8.79. The van der Waals surface area contributed by atoms with E-state index in [0.717, 1.165) is 34.6 Å². The first-order valence-electron chi connectivity index (χ1n) is 9.69. The van der Waals surface area contributed by atoms with Gasteiger partial charge >= 0.3 is 0 Å². The fourth-order valence-corrected chi connectivity index (χ4v) is 3.20. The maximum atomic E-state index is 12.8. The molecule has 1 aromatic carbocycles. The molecular formula is C21H36N3O2+. The highest BCUT2D eigenvalue weighted by Gasteiger charge is 2.26. The number of carbonyl (C=O) groups is 2. The summed E-state index contributed by atoms with van der Waals surface area (Å²) < 4.78 is 0. The average Bonchev–Trinajstić information content (AvgIpc) is 2.57. The van der Waals surface area contributed by atoms with E-state index in [-0.39, 0.29) is 30.4 Å². The molecule has 0 saturated heterocycles. The van der Waals surface area contributed by atoms with E-state index in [9.17, 15) is 9.59 Å². The predicted octanol–water partition coefficient (Wildman–Crippen LogP) is 2.18. The van der Waals surface area contributed by atoms with E-state index in [0.29, 0.717) is 6.54 Å². The number of hydrogen-bond acceptors (Lipinski definition) is 2. The molecule has 0 spiro atoms. The Labute approximate surface area is 158 Å². The number of likely N-dealkylation sites (N-methyl/N-ethyl adjacent to an activating group) is 1. The minimum Gasteiger partial charge on any atom is -0.332 e. The summed E-state index contributed by atoms with van der Waals surface area (Å²) in [6.45, 7) is 12.9. The van der Waals surface area contributed by atoms with Gasteiger partial charge in [-0.15, -0.1) is 0 Å². The summed E-state index contributed by atoms with van der Waals surface area (Å²) in [6, 6.07) is 6.38. The van der Waals surface area contributed by atoms with Crippen LogP contribution in [-0.4, -0.2) is 48.9 Å². The van der Waals surface area contributed by atoms with Crippen molar-refractivity contribution in [3.8, 4) is 0 Å². The van der Waals surface area contributed by atoms with Crippen molar-refractivity contribution in [1.82, 2.24) is 4.90 Å². The number of para-hydroxylation sites is 1. The van der Waals surface area contributed by atoms with Gasteiger partial charge in [0.25, 0.3) is 11.8 Å². The zero-order valence-corrected chi connectivity index (χ0v) is 17.5. The van der Waals surface area contributed by atoms with Crippen LogP contribution in [0.3, 0.4) is 0 Å². The van der Waals surface area contributed by atoms with E-state index in [4.69, 9.17) is 0 Å². The third-order valence-electron chi connectivity index (χ3n) is 5.08. The maximum absolute atomic E-state index is 12.8. The molecule has 2 amide bonds. The maximum Gasteiger partial charge on any atom is 0.279 e. The molecule has 0 aliphatic rings. The van der Waals surface area contributed by atoms with Crippen LogP contribution in [0.4, 0.5) is 5.69 Å². The third kappa shape index (κ3) is 6.13. The minimum atomic E-state index is -0.0636. The monoisotopic (exact) mass is 362 g/mol. The van der Waals surface area contributed by atoms with Crippen LogP contribution in [0.1, 0.15) is 51.7 Å². The van der Waals surface area contributed by atoms with Crippen LogP contribution in [0.5, 0.6) is 0 Å². The number of nitrogens with one attached hydrogen (secondary N) is 2. The van der Waals surface area contributed by atoms with Crippen molar-refractivity contribution in [1.29, 1.82) is 0 Å². The van der Waals surface area contributed by atoms with Gasteiger partial charge in [-0.05, 0) is 51.7 Å². The van der Waals surface area contributed by atoms with Crippen molar-refractivity contribution in [2.24, 2.45) is 0 Å². The second kappa shape index (κ2) is 10.3. The highest BCUT2D eigenvalue weighted by atomic mass is 16.2. The summed E-state index contributed by atoms with van der Waals surface area (Å²) in [7, 11) is 1.90. The van der Waals surface area contributed by atoms with Gasteiger partial charge in [0.1, 0.15) is 0 Å². The molecule has 2 N–H and O–H groups in total. The number of hydrogen-bond donors (Lipinski definition) is 2. The normalized spacial score (nSPS) is 14.4. The van der Waals surface area contributed by atoms with E-state index >= 15 is 0 Å². The molecule has 0 aromatic heterocycles. The molecule has 1 unspecified atom stereocenters. The fraction of sp³-hybridized carbons (Fsp3) is 0.619.